The summed E-state index contributed by atoms with van der Waals surface area (Å²) in [5, 5.41) is 0. The number of nitrogens with zero attached hydrogens (tertiary/aromatic N) is 2. The number of hydrogen-bond donors (Lipinski definition) is 0. The van der Waals surface area contributed by atoms with E-state index in [0.717, 1.165) is 0 Å². The molecule has 1 heterocycles. The zero-order valence-corrected chi connectivity index (χ0v) is 7.47. The maximum atomic E-state index is 2.29. The van der Waals surface area contributed by atoms with Crippen molar-refractivity contribution in [2.24, 2.45) is 0 Å². The van der Waals surface area contributed by atoms with Crippen molar-refractivity contribution in [2.75, 3.05) is 14.1 Å². The van der Waals surface area contributed by atoms with Gasteiger partial charge < -0.3 is 0 Å². The first kappa shape index (κ1) is 7.45. The van der Waals surface area contributed by atoms with Crippen LogP contribution in [-0.4, -0.2) is 40.8 Å². The summed E-state index contributed by atoms with van der Waals surface area (Å²) >= 11 is 0. The molecule has 1 aliphatic heterocycles. The standard InChI is InChI=1S/C8H16N2/c1-6-7(2)10(5)8(3)9(6)4/h8H,1-5H3/q+2. The fraction of sp³-hybridized carbons (Fsp3) is 0.750. The van der Waals surface area contributed by atoms with Crippen LogP contribution in [0.2, 0.25) is 0 Å². The van der Waals surface area contributed by atoms with Crippen molar-refractivity contribution < 1.29 is 9.15 Å². The quantitative estimate of drug-likeness (QED) is 0.433. The lowest BCUT2D eigenvalue weighted by molar-refractivity contribution is -0.736. The molecule has 0 amide bonds. The number of rotatable bonds is 0. The van der Waals surface area contributed by atoms with Crippen molar-refractivity contribution in [2.45, 2.75) is 26.9 Å². The first-order chi connectivity index (χ1) is 4.55. The van der Waals surface area contributed by atoms with Crippen LogP contribution in [0.4, 0.5) is 0 Å². The topological polar surface area (TPSA) is 6.02 Å². The summed E-state index contributed by atoms with van der Waals surface area (Å²) in [6, 6.07) is 0. The minimum atomic E-state index is 0.528. The van der Waals surface area contributed by atoms with E-state index in [1.54, 1.807) is 0 Å². The van der Waals surface area contributed by atoms with Crippen LogP contribution >= 0.6 is 0 Å². The summed E-state index contributed by atoms with van der Waals surface area (Å²) in [7, 11) is 4.26. The van der Waals surface area contributed by atoms with Crippen LogP contribution in [-0.2, 0) is 0 Å². The van der Waals surface area contributed by atoms with Gasteiger partial charge in [-0.3, -0.25) is 0 Å². The Labute approximate surface area is 62.5 Å². The summed E-state index contributed by atoms with van der Waals surface area (Å²) in [5.74, 6) is 0. The molecule has 0 bridgehead atoms. The van der Waals surface area contributed by atoms with Gasteiger partial charge in [-0.15, -0.1) is 0 Å². The monoisotopic (exact) mass is 140 g/mol. The van der Waals surface area contributed by atoms with Crippen molar-refractivity contribution in [3.63, 3.8) is 0 Å². The Morgan fingerprint density at radius 1 is 1.00 bits per heavy atom. The second-order valence-corrected chi connectivity index (χ2v) is 3.02. The molecular weight excluding hydrogens is 124 g/mol. The molecule has 2 nitrogen and oxygen atoms in total. The molecular formula is C8H16N2+2. The zero-order chi connectivity index (χ0) is 7.89. The molecule has 0 radical (unpaired) electrons. The van der Waals surface area contributed by atoms with E-state index in [4.69, 9.17) is 0 Å². The Balaban J connectivity index is 3.09. The number of hydrogen-bond acceptors (Lipinski definition) is 0. The predicted molar refractivity (Wildman–Crippen MR) is 43.2 cm³/mol. The lowest BCUT2D eigenvalue weighted by Gasteiger charge is -1.95. The van der Waals surface area contributed by atoms with Crippen LogP contribution in [0.3, 0.4) is 0 Å². The van der Waals surface area contributed by atoms with Gasteiger partial charge in [-0.05, 0) is 0 Å². The van der Waals surface area contributed by atoms with Gasteiger partial charge in [0.05, 0.1) is 6.92 Å². The lowest BCUT2D eigenvalue weighted by atomic mass is 10.3. The molecule has 0 N–H and O–H groups in total. The van der Waals surface area contributed by atoms with E-state index < -0.39 is 0 Å². The molecule has 0 fully saturated rings. The van der Waals surface area contributed by atoms with Crippen LogP contribution < -0.4 is 0 Å². The fourth-order valence-corrected chi connectivity index (χ4v) is 1.33. The zero-order valence-electron chi connectivity index (χ0n) is 7.47. The molecule has 0 saturated carbocycles. The van der Waals surface area contributed by atoms with Crippen molar-refractivity contribution in [1.29, 1.82) is 0 Å². The average Bonchev–Trinajstić information content (AvgIpc) is 2.07. The highest BCUT2D eigenvalue weighted by Crippen LogP contribution is 2.00. The molecule has 0 saturated heterocycles. The van der Waals surface area contributed by atoms with Gasteiger partial charge in [0.2, 0.25) is 11.4 Å². The van der Waals surface area contributed by atoms with Crippen LogP contribution in [0.5, 0.6) is 0 Å². The van der Waals surface area contributed by atoms with Crippen LogP contribution in [0, 0.1) is 0 Å². The summed E-state index contributed by atoms with van der Waals surface area (Å²) in [5.41, 5.74) is 2.77. The smallest absolute Gasteiger partial charge is 0.171 e. The third-order valence-corrected chi connectivity index (χ3v) is 2.70. The van der Waals surface area contributed by atoms with E-state index in [1.807, 2.05) is 0 Å². The first-order valence-corrected chi connectivity index (χ1v) is 3.69. The molecule has 0 atom stereocenters. The second-order valence-electron chi connectivity index (χ2n) is 3.02. The Kier molecular flexibility index (Phi) is 1.63. The average molecular weight is 140 g/mol. The van der Waals surface area contributed by atoms with Crippen molar-refractivity contribution in [3.05, 3.63) is 0 Å². The summed E-state index contributed by atoms with van der Waals surface area (Å²) in [4.78, 5) is 0. The van der Waals surface area contributed by atoms with Gasteiger partial charge in [0, 0.05) is 13.8 Å². The predicted octanol–water partition coefficient (Wildman–Crippen LogP) is 0.552. The highest BCUT2D eigenvalue weighted by molar-refractivity contribution is 6.36. The van der Waals surface area contributed by atoms with E-state index in [2.05, 4.69) is 44.0 Å². The van der Waals surface area contributed by atoms with Crippen molar-refractivity contribution >= 4 is 11.4 Å². The normalized spacial score (nSPS) is 21.3. The van der Waals surface area contributed by atoms with E-state index in [1.165, 1.54) is 11.4 Å². The maximum Gasteiger partial charge on any atom is 0.340 e. The lowest BCUT2D eigenvalue weighted by Crippen LogP contribution is -2.25. The molecule has 1 aliphatic rings. The molecule has 0 aliphatic carbocycles. The summed E-state index contributed by atoms with van der Waals surface area (Å²) < 4.78 is 4.57. The molecule has 0 aromatic rings. The van der Waals surface area contributed by atoms with Crippen LogP contribution in [0.15, 0.2) is 0 Å². The molecule has 0 spiro atoms. The van der Waals surface area contributed by atoms with Gasteiger partial charge in [-0.1, -0.05) is 0 Å². The Morgan fingerprint density at radius 3 is 1.40 bits per heavy atom. The van der Waals surface area contributed by atoms with E-state index >= 15 is 0 Å². The van der Waals surface area contributed by atoms with Gasteiger partial charge in [0.1, 0.15) is 14.1 Å². The van der Waals surface area contributed by atoms with E-state index in [-0.39, 0.29) is 0 Å². The van der Waals surface area contributed by atoms with Gasteiger partial charge in [-0.25, -0.2) is 0 Å². The molecule has 1 rings (SSSR count). The highest BCUT2D eigenvalue weighted by atomic mass is 15.3. The first-order valence-electron chi connectivity index (χ1n) is 3.69. The van der Waals surface area contributed by atoms with Crippen LogP contribution in [0.1, 0.15) is 20.8 Å². The fourth-order valence-electron chi connectivity index (χ4n) is 1.33. The Hall–Kier alpha value is -0.660. The Morgan fingerprint density at radius 2 is 1.30 bits per heavy atom. The highest BCUT2D eigenvalue weighted by Gasteiger charge is 2.34. The molecule has 0 aromatic heterocycles. The van der Waals surface area contributed by atoms with E-state index in [0.29, 0.717) is 6.17 Å². The molecule has 10 heavy (non-hydrogen) atoms. The third kappa shape index (κ3) is 0.789. The minimum Gasteiger partial charge on any atom is -0.171 e. The molecule has 0 unspecified atom stereocenters. The van der Waals surface area contributed by atoms with Gasteiger partial charge in [0.25, 0.3) is 0 Å². The Bertz CT molecular complexity index is 199. The third-order valence-electron chi connectivity index (χ3n) is 2.70. The summed E-state index contributed by atoms with van der Waals surface area (Å²) in [6.45, 7) is 6.53. The van der Waals surface area contributed by atoms with Crippen molar-refractivity contribution in [3.8, 4) is 0 Å². The maximum absolute atomic E-state index is 2.29. The second kappa shape index (κ2) is 2.19. The molecule has 56 valence electrons. The molecule has 0 aromatic carbocycles. The van der Waals surface area contributed by atoms with Gasteiger partial charge in [-0.2, -0.15) is 9.15 Å². The largest absolute Gasteiger partial charge is 0.340 e. The SMILES string of the molecule is CC1=[N+](C)C(C)[N+](C)=C1C. The van der Waals surface area contributed by atoms with Crippen molar-refractivity contribution in [1.82, 2.24) is 0 Å². The minimum absolute atomic E-state index is 0.528. The summed E-state index contributed by atoms with van der Waals surface area (Å²) in [6.07, 6.45) is 0.528. The van der Waals surface area contributed by atoms with Gasteiger partial charge >= 0.3 is 6.17 Å². The van der Waals surface area contributed by atoms with E-state index in [9.17, 15) is 0 Å². The molecule has 2 heteroatoms. The van der Waals surface area contributed by atoms with Gasteiger partial charge in [0.15, 0.2) is 0 Å². The van der Waals surface area contributed by atoms with Crippen LogP contribution in [0.25, 0.3) is 0 Å².